The molecule has 3 rings (SSSR count). The number of esters is 1. The third-order valence-corrected chi connectivity index (χ3v) is 8.14. The lowest BCUT2D eigenvalue weighted by molar-refractivity contribution is -0.139. The van der Waals surface area contributed by atoms with Crippen molar-refractivity contribution in [2.75, 3.05) is 33.4 Å². The zero-order chi connectivity index (χ0) is 22.6. The van der Waals surface area contributed by atoms with E-state index in [2.05, 4.69) is 10.2 Å². The minimum Gasteiger partial charge on any atom is -0.468 e. The van der Waals surface area contributed by atoms with Gasteiger partial charge in [-0.25, -0.2) is 8.42 Å². The summed E-state index contributed by atoms with van der Waals surface area (Å²) >= 11 is 1.27. The molecule has 0 aliphatic carbocycles. The Balaban J connectivity index is 1.99. The average Bonchev–Trinajstić information content (AvgIpc) is 3.22. The SMILES string of the molecule is CC[C@@H](C)n1c(S[C@@H](C)C(=O)OC)nnc1-c1cccc(S(=O)(=O)N2CCOCC2)c1. The monoisotopic (exact) mass is 468 g/mol. The number of thioether (sulfide) groups is 1. The second kappa shape index (κ2) is 10.1. The van der Waals surface area contributed by atoms with Crippen LogP contribution in [0.25, 0.3) is 11.4 Å². The van der Waals surface area contributed by atoms with Gasteiger partial charge in [0.05, 0.1) is 25.2 Å². The maximum Gasteiger partial charge on any atom is 0.318 e. The maximum absolute atomic E-state index is 13.1. The van der Waals surface area contributed by atoms with Crippen molar-refractivity contribution in [3.63, 3.8) is 0 Å². The molecule has 1 aliphatic rings. The van der Waals surface area contributed by atoms with E-state index in [0.717, 1.165) is 6.42 Å². The highest BCUT2D eigenvalue weighted by Crippen LogP contribution is 2.32. The Morgan fingerprint density at radius 3 is 2.61 bits per heavy atom. The number of morpholine rings is 1. The fourth-order valence-corrected chi connectivity index (χ4v) is 5.67. The summed E-state index contributed by atoms with van der Waals surface area (Å²) in [5.41, 5.74) is 0.653. The zero-order valence-electron chi connectivity index (χ0n) is 18.1. The van der Waals surface area contributed by atoms with Crippen molar-refractivity contribution in [1.29, 1.82) is 0 Å². The van der Waals surface area contributed by atoms with Crippen LogP contribution in [-0.4, -0.2) is 72.1 Å². The lowest BCUT2D eigenvalue weighted by Crippen LogP contribution is -2.40. The molecule has 170 valence electrons. The summed E-state index contributed by atoms with van der Waals surface area (Å²) in [6.45, 7) is 7.28. The van der Waals surface area contributed by atoms with Crippen LogP contribution in [0.3, 0.4) is 0 Å². The predicted molar refractivity (Wildman–Crippen MR) is 117 cm³/mol. The van der Waals surface area contributed by atoms with Crippen LogP contribution in [0, 0.1) is 0 Å². The number of carbonyl (C=O) groups excluding carboxylic acids is 1. The van der Waals surface area contributed by atoms with Gasteiger partial charge in [0.25, 0.3) is 0 Å². The smallest absolute Gasteiger partial charge is 0.318 e. The van der Waals surface area contributed by atoms with Gasteiger partial charge in [0.1, 0.15) is 5.25 Å². The summed E-state index contributed by atoms with van der Waals surface area (Å²) in [5.74, 6) is 0.219. The van der Waals surface area contributed by atoms with Crippen LogP contribution in [0.15, 0.2) is 34.3 Å². The van der Waals surface area contributed by atoms with Crippen molar-refractivity contribution < 1.29 is 22.7 Å². The van der Waals surface area contributed by atoms with Crippen LogP contribution < -0.4 is 0 Å². The Labute approximate surface area is 187 Å². The first kappa shape index (κ1) is 23.7. The number of hydrogen-bond donors (Lipinski definition) is 0. The Kier molecular flexibility index (Phi) is 7.73. The fourth-order valence-electron chi connectivity index (χ4n) is 3.24. The van der Waals surface area contributed by atoms with Gasteiger partial charge < -0.3 is 9.47 Å². The molecule has 0 bridgehead atoms. The second-order valence-corrected chi connectivity index (χ2v) is 10.5. The maximum atomic E-state index is 13.1. The van der Waals surface area contributed by atoms with Crippen molar-refractivity contribution in [2.45, 2.75) is 48.5 Å². The van der Waals surface area contributed by atoms with Gasteiger partial charge in [-0.05, 0) is 32.4 Å². The first-order valence-corrected chi connectivity index (χ1v) is 12.5. The lowest BCUT2D eigenvalue weighted by Gasteiger charge is -2.26. The molecule has 9 nitrogen and oxygen atoms in total. The van der Waals surface area contributed by atoms with Crippen LogP contribution >= 0.6 is 11.8 Å². The molecule has 0 radical (unpaired) electrons. The van der Waals surface area contributed by atoms with Crippen LogP contribution in [0.4, 0.5) is 0 Å². The molecule has 0 N–H and O–H groups in total. The van der Waals surface area contributed by atoms with Crippen molar-refractivity contribution in [3.8, 4) is 11.4 Å². The highest BCUT2D eigenvalue weighted by atomic mass is 32.2. The van der Waals surface area contributed by atoms with E-state index in [1.54, 1.807) is 25.1 Å². The molecule has 0 saturated carbocycles. The first-order chi connectivity index (χ1) is 14.8. The number of ether oxygens (including phenoxy) is 2. The standard InChI is InChI=1S/C20H28N4O5S2/c1-5-14(2)24-18(21-22-20(24)30-15(3)19(25)28-4)16-7-6-8-17(13-16)31(26,27)23-9-11-29-12-10-23/h6-8,13-15H,5,9-12H2,1-4H3/t14-,15+/m1/s1. The van der Waals surface area contributed by atoms with Crippen molar-refractivity contribution in [1.82, 2.24) is 19.1 Å². The van der Waals surface area contributed by atoms with E-state index < -0.39 is 15.3 Å². The van der Waals surface area contributed by atoms with Crippen molar-refractivity contribution in [2.24, 2.45) is 0 Å². The molecule has 1 aromatic carbocycles. The Hall–Kier alpha value is -1.95. The average molecular weight is 469 g/mol. The molecular formula is C20H28N4O5S2. The number of methoxy groups -OCH3 is 1. The molecule has 2 aromatic rings. The number of nitrogens with zero attached hydrogens (tertiary/aromatic N) is 4. The van der Waals surface area contributed by atoms with E-state index >= 15 is 0 Å². The summed E-state index contributed by atoms with van der Waals surface area (Å²) in [6.07, 6.45) is 0.816. The molecule has 0 unspecified atom stereocenters. The number of hydrogen-bond acceptors (Lipinski definition) is 8. The largest absolute Gasteiger partial charge is 0.468 e. The number of rotatable bonds is 8. The molecule has 0 amide bonds. The molecule has 1 saturated heterocycles. The summed E-state index contributed by atoms with van der Waals surface area (Å²) in [6, 6.07) is 6.80. The van der Waals surface area contributed by atoms with Gasteiger partial charge in [-0.2, -0.15) is 4.31 Å². The first-order valence-electron chi connectivity index (χ1n) is 10.2. The van der Waals surface area contributed by atoms with Crippen LogP contribution in [0.5, 0.6) is 0 Å². The minimum absolute atomic E-state index is 0.0526. The molecule has 2 atom stereocenters. The second-order valence-electron chi connectivity index (χ2n) is 7.26. The van der Waals surface area contributed by atoms with E-state index in [9.17, 15) is 13.2 Å². The Morgan fingerprint density at radius 2 is 1.97 bits per heavy atom. The van der Waals surface area contributed by atoms with Gasteiger partial charge in [-0.1, -0.05) is 30.8 Å². The predicted octanol–water partition coefficient (Wildman–Crippen LogP) is 2.59. The summed E-state index contributed by atoms with van der Waals surface area (Å²) in [5, 5.41) is 8.77. The Bertz CT molecular complexity index is 1020. The number of sulfonamides is 1. The molecule has 0 spiro atoms. The van der Waals surface area contributed by atoms with Crippen LogP contribution in [-0.2, 0) is 24.3 Å². The number of aromatic nitrogens is 3. The quantitative estimate of drug-likeness (QED) is 0.430. The third kappa shape index (κ3) is 5.11. The highest BCUT2D eigenvalue weighted by molar-refractivity contribution is 8.00. The minimum atomic E-state index is -3.63. The van der Waals surface area contributed by atoms with Gasteiger partial charge in [0, 0.05) is 24.7 Å². The molecule has 2 heterocycles. The highest BCUT2D eigenvalue weighted by Gasteiger charge is 2.28. The lowest BCUT2D eigenvalue weighted by atomic mass is 10.2. The topological polar surface area (TPSA) is 104 Å². The summed E-state index contributed by atoms with van der Waals surface area (Å²) in [4.78, 5) is 12.1. The zero-order valence-corrected chi connectivity index (χ0v) is 19.8. The van der Waals surface area contributed by atoms with Crippen LogP contribution in [0.2, 0.25) is 0 Å². The molecule has 11 heteroatoms. The summed E-state index contributed by atoms with van der Waals surface area (Å²) < 4.78 is 39.6. The molecule has 1 fully saturated rings. The Morgan fingerprint density at radius 1 is 1.26 bits per heavy atom. The van der Waals surface area contributed by atoms with Gasteiger partial charge in [-0.3, -0.25) is 9.36 Å². The normalized spacial score (nSPS) is 17.3. The number of benzene rings is 1. The van der Waals surface area contributed by atoms with Gasteiger partial charge in [0.2, 0.25) is 10.0 Å². The van der Waals surface area contributed by atoms with Gasteiger partial charge in [-0.15, -0.1) is 10.2 Å². The van der Waals surface area contributed by atoms with E-state index in [1.807, 2.05) is 24.5 Å². The molecule has 1 aromatic heterocycles. The van der Waals surface area contributed by atoms with Gasteiger partial charge >= 0.3 is 5.97 Å². The molecule has 1 aliphatic heterocycles. The van der Waals surface area contributed by atoms with E-state index in [1.165, 1.54) is 23.2 Å². The van der Waals surface area contributed by atoms with Crippen molar-refractivity contribution in [3.05, 3.63) is 24.3 Å². The molecule has 31 heavy (non-hydrogen) atoms. The van der Waals surface area contributed by atoms with Gasteiger partial charge in [0.15, 0.2) is 11.0 Å². The number of carbonyl (C=O) groups is 1. The third-order valence-electron chi connectivity index (χ3n) is 5.21. The fraction of sp³-hybridized carbons (Fsp3) is 0.550. The molecular weight excluding hydrogens is 440 g/mol. The van der Waals surface area contributed by atoms with Crippen LogP contribution in [0.1, 0.15) is 33.2 Å². The summed E-state index contributed by atoms with van der Waals surface area (Å²) in [7, 11) is -2.28. The van der Waals surface area contributed by atoms with E-state index in [0.29, 0.717) is 42.8 Å². The van der Waals surface area contributed by atoms with Crippen molar-refractivity contribution >= 4 is 27.8 Å². The van der Waals surface area contributed by atoms with E-state index in [-0.39, 0.29) is 16.9 Å². The van der Waals surface area contributed by atoms with E-state index in [4.69, 9.17) is 9.47 Å².